The van der Waals surface area contributed by atoms with Gasteiger partial charge in [0.05, 0.1) is 6.54 Å². The van der Waals surface area contributed by atoms with Crippen molar-refractivity contribution in [2.45, 2.75) is 39.2 Å². The second-order valence-corrected chi connectivity index (χ2v) is 6.68. The lowest BCUT2D eigenvalue weighted by Gasteiger charge is -2.20. The molecule has 6 heteroatoms. The van der Waals surface area contributed by atoms with Gasteiger partial charge in [-0.2, -0.15) is 0 Å². The van der Waals surface area contributed by atoms with E-state index in [4.69, 9.17) is 0 Å². The molecule has 2 rings (SSSR count). The van der Waals surface area contributed by atoms with Crippen molar-refractivity contribution < 1.29 is 14.4 Å². The number of hydrogen-bond acceptors (Lipinski definition) is 3. The van der Waals surface area contributed by atoms with Crippen LogP contribution in [0.5, 0.6) is 0 Å². The summed E-state index contributed by atoms with van der Waals surface area (Å²) >= 11 is 0. The van der Waals surface area contributed by atoms with Crippen LogP contribution in [0.15, 0.2) is 24.3 Å². The number of benzene rings is 1. The highest BCUT2D eigenvalue weighted by atomic mass is 16.2. The summed E-state index contributed by atoms with van der Waals surface area (Å²) in [7, 11) is 0. The van der Waals surface area contributed by atoms with Crippen LogP contribution in [0.4, 0.5) is 5.69 Å². The van der Waals surface area contributed by atoms with Gasteiger partial charge in [-0.3, -0.25) is 14.4 Å². The summed E-state index contributed by atoms with van der Waals surface area (Å²) in [4.78, 5) is 37.1. The Morgan fingerprint density at radius 2 is 1.83 bits per heavy atom. The van der Waals surface area contributed by atoms with Gasteiger partial charge in [-0.05, 0) is 51.5 Å². The van der Waals surface area contributed by atoms with Gasteiger partial charge in [0.2, 0.25) is 11.8 Å². The zero-order valence-corrected chi connectivity index (χ0v) is 13.8. The van der Waals surface area contributed by atoms with Gasteiger partial charge >= 0.3 is 0 Å². The highest BCUT2D eigenvalue weighted by Gasteiger charge is 2.21. The molecular formula is C17H23N3O3. The predicted octanol–water partition coefficient (Wildman–Crippen LogP) is 1.46. The largest absolute Gasteiger partial charge is 0.350 e. The highest BCUT2D eigenvalue weighted by molar-refractivity contribution is 5.98. The fourth-order valence-corrected chi connectivity index (χ4v) is 2.44. The molecule has 1 aliphatic rings. The van der Waals surface area contributed by atoms with Crippen LogP contribution < -0.4 is 15.5 Å². The van der Waals surface area contributed by atoms with Gasteiger partial charge in [0.25, 0.3) is 5.91 Å². The van der Waals surface area contributed by atoms with Crippen molar-refractivity contribution in [3.05, 3.63) is 29.8 Å². The van der Waals surface area contributed by atoms with Crippen LogP contribution in [0.2, 0.25) is 0 Å². The molecule has 0 aromatic heterocycles. The minimum absolute atomic E-state index is 0.0670. The number of nitrogens with one attached hydrogen (secondary N) is 2. The van der Waals surface area contributed by atoms with E-state index in [9.17, 15) is 14.4 Å². The first-order chi connectivity index (χ1) is 10.8. The van der Waals surface area contributed by atoms with E-state index in [1.165, 1.54) is 0 Å². The quantitative estimate of drug-likeness (QED) is 0.882. The first-order valence-corrected chi connectivity index (χ1v) is 7.76. The monoisotopic (exact) mass is 317 g/mol. The summed E-state index contributed by atoms with van der Waals surface area (Å²) in [5, 5.41) is 5.37. The van der Waals surface area contributed by atoms with Crippen molar-refractivity contribution in [1.82, 2.24) is 10.6 Å². The van der Waals surface area contributed by atoms with Crippen molar-refractivity contribution in [2.75, 3.05) is 18.0 Å². The maximum atomic E-state index is 12.0. The van der Waals surface area contributed by atoms with E-state index in [1.54, 1.807) is 29.2 Å². The molecule has 0 radical (unpaired) electrons. The molecule has 0 spiro atoms. The van der Waals surface area contributed by atoms with Crippen LogP contribution in [0.25, 0.3) is 0 Å². The van der Waals surface area contributed by atoms with Crippen molar-refractivity contribution >= 4 is 23.4 Å². The fraction of sp³-hybridized carbons (Fsp3) is 0.471. The first kappa shape index (κ1) is 17.0. The van der Waals surface area contributed by atoms with Crippen LogP contribution >= 0.6 is 0 Å². The standard InChI is InChI=1S/C17H23N3O3/c1-17(2,3)19-14(21)11-18-16(23)12-6-8-13(9-7-12)20-10-4-5-15(20)22/h6-9H,4-5,10-11H2,1-3H3,(H,18,23)(H,19,21). The minimum atomic E-state index is -0.328. The summed E-state index contributed by atoms with van der Waals surface area (Å²) in [5.74, 6) is -0.431. The average Bonchev–Trinajstić information content (AvgIpc) is 2.89. The molecule has 3 amide bonds. The normalized spacial score (nSPS) is 14.7. The SMILES string of the molecule is CC(C)(C)NC(=O)CNC(=O)c1ccc(N2CCCC2=O)cc1. The number of nitrogens with zero attached hydrogens (tertiary/aromatic N) is 1. The zero-order valence-electron chi connectivity index (χ0n) is 13.8. The molecule has 1 aliphatic heterocycles. The van der Waals surface area contributed by atoms with Crippen molar-refractivity contribution in [3.8, 4) is 0 Å². The Morgan fingerprint density at radius 1 is 1.17 bits per heavy atom. The van der Waals surface area contributed by atoms with Gasteiger partial charge in [-0.1, -0.05) is 0 Å². The molecule has 1 aromatic rings. The molecule has 1 aromatic carbocycles. The molecule has 6 nitrogen and oxygen atoms in total. The van der Waals surface area contributed by atoms with Gasteiger partial charge in [0.15, 0.2) is 0 Å². The van der Waals surface area contributed by atoms with E-state index in [-0.39, 0.29) is 29.8 Å². The van der Waals surface area contributed by atoms with Crippen LogP contribution in [0.1, 0.15) is 44.0 Å². The van der Waals surface area contributed by atoms with Crippen molar-refractivity contribution in [3.63, 3.8) is 0 Å². The predicted molar refractivity (Wildman–Crippen MR) is 88.3 cm³/mol. The third kappa shape index (κ3) is 4.81. The van der Waals surface area contributed by atoms with Crippen molar-refractivity contribution in [1.29, 1.82) is 0 Å². The number of hydrogen-bond donors (Lipinski definition) is 2. The number of anilines is 1. The Bertz CT molecular complexity index is 603. The summed E-state index contributed by atoms with van der Waals surface area (Å²) in [5.41, 5.74) is 0.935. The molecule has 1 saturated heterocycles. The van der Waals surface area contributed by atoms with Crippen LogP contribution in [0.3, 0.4) is 0 Å². The smallest absolute Gasteiger partial charge is 0.251 e. The number of amides is 3. The van der Waals surface area contributed by atoms with Crippen LogP contribution in [0, 0.1) is 0 Å². The van der Waals surface area contributed by atoms with Crippen LogP contribution in [-0.2, 0) is 9.59 Å². The molecule has 0 bridgehead atoms. The third-order valence-electron chi connectivity index (χ3n) is 3.44. The van der Waals surface area contributed by atoms with Crippen molar-refractivity contribution in [2.24, 2.45) is 0 Å². The Hall–Kier alpha value is -2.37. The van der Waals surface area contributed by atoms with E-state index < -0.39 is 0 Å². The summed E-state index contributed by atoms with van der Waals surface area (Å²) in [6.45, 7) is 6.29. The molecule has 1 fully saturated rings. The Labute approximate surface area is 136 Å². The van der Waals surface area contributed by atoms with Gasteiger partial charge in [-0.25, -0.2) is 0 Å². The Kier molecular flexibility index (Phi) is 5.03. The summed E-state index contributed by atoms with van der Waals surface area (Å²) < 4.78 is 0. The maximum Gasteiger partial charge on any atom is 0.251 e. The molecule has 23 heavy (non-hydrogen) atoms. The van der Waals surface area contributed by atoms with Gasteiger partial charge < -0.3 is 15.5 Å². The second-order valence-electron chi connectivity index (χ2n) is 6.68. The van der Waals surface area contributed by atoms with Gasteiger partial charge in [0, 0.05) is 29.8 Å². The first-order valence-electron chi connectivity index (χ1n) is 7.76. The summed E-state index contributed by atoms with van der Waals surface area (Å²) in [6, 6.07) is 6.84. The second kappa shape index (κ2) is 6.81. The van der Waals surface area contributed by atoms with E-state index in [0.717, 1.165) is 18.7 Å². The lowest BCUT2D eigenvalue weighted by Crippen LogP contribution is -2.45. The molecule has 0 unspecified atom stereocenters. The Balaban J connectivity index is 1.90. The van der Waals surface area contributed by atoms with Crippen LogP contribution in [-0.4, -0.2) is 36.3 Å². The maximum absolute atomic E-state index is 12.0. The number of carbonyl (C=O) groups is 3. The molecule has 0 saturated carbocycles. The molecule has 1 heterocycles. The molecule has 0 atom stereocenters. The van der Waals surface area contributed by atoms with E-state index in [1.807, 2.05) is 20.8 Å². The fourth-order valence-electron chi connectivity index (χ4n) is 2.44. The lowest BCUT2D eigenvalue weighted by molar-refractivity contribution is -0.121. The van der Waals surface area contributed by atoms with E-state index >= 15 is 0 Å². The number of rotatable bonds is 4. The molecule has 0 aliphatic carbocycles. The number of carbonyl (C=O) groups excluding carboxylic acids is 3. The zero-order chi connectivity index (χ0) is 17.0. The highest BCUT2D eigenvalue weighted by Crippen LogP contribution is 2.21. The van der Waals surface area contributed by atoms with Gasteiger partial charge in [0.1, 0.15) is 0 Å². The van der Waals surface area contributed by atoms with E-state index in [2.05, 4.69) is 10.6 Å². The minimum Gasteiger partial charge on any atom is -0.350 e. The summed E-state index contributed by atoms with van der Waals surface area (Å²) in [6.07, 6.45) is 1.44. The molecular weight excluding hydrogens is 294 g/mol. The van der Waals surface area contributed by atoms with E-state index in [0.29, 0.717) is 12.0 Å². The Morgan fingerprint density at radius 3 is 2.35 bits per heavy atom. The molecule has 124 valence electrons. The lowest BCUT2D eigenvalue weighted by atomic mass is 10.1. The molecule has 2 N–H and O–H groups in total. The van der Waals surface area contributed by atoms with Gasteiger partial charge in [-0.15, -0.1) is 0 Å². The topological polar surface area (TPSA) is 78.5 Å². The average molecular weight is 317 g/mol. The third-order valence-corrected chi connectivity index (χ3v) is 3.44.